The van der Waals surface area contributed by atoms with Crippen LogP contribution in [0.25, 0.3) is 0 Å². The van der Waals surface area contributed by atoms with Gasteiger partial charge in [-0.15, -0.1) is 0 Å². The van der Waals surface area contributed by atoms with Crippen LogP contribution < -0.4 is 0 Å². The number of carbonyl (C=O) groups is 1. The van der Waals surface area contributed by atoms with Crippen LogP contribution in [0.3, 0.4) is 0 Å². The number of Topliss-reactive ketones (excluding diaryl/α,β-unsaturated/α-hetero) is 1. The molecule has 0 aromatic heterocycles. The fraction of sp³-hybridized carbons (Fsp3) is 0.875. The van der Waals surface area contributed by atoms with E-state index in [-0.39, 0.29) is 16.5 Å². The van der Waals surface area contributed by atoms with Gasteiger partial charge in [0.2, 0.25) is 0 Å². The second-order valence-electron chi connectivity index (χ2n) is 2.93. The minimum Gasteiger partial charge on any atom is -0.381 e. The van der Waals surface area contributed by atoms with Crippen LogP contribution in [0.15, 0.2) is 0 Å². The monoisotopic (exact) mass is 220 g/mol. The molecule has 1 aliphatic heterocycles. The average molecular weight is 221 g/mol. The van der Waals surface area contributed by atoms with Gasteiger partial charge < -0.3 is 4.74 Å². The van der Waals surface area contributed by atoms with Gasteiger partial charge in [0, 0.05) is 12.5 Å². The van der Waals surface area contributed by atoms with E-state index in [1.165, 1.54) is 0 Å². The molecule has 0 aromatic carbocycles. The number of hydrogen-bond donors (Lipinski definition) is 0. The summed E-state index contributed by atoms with van der Waals surface area (Å²) in [4.78, 5) is 11.4. The summed E-state index contributed by atoms with van der Waals surface area (Å²) in [5.74, 6) is 0.419. The van der Waals surface area contributed by atoms with Gasteiger partial charge >= 0.3 is 0 Å². The van der Waals surface area contributed by atoms with E-state index in [9.17, 15) is 4.79 Å². The van der Waals surface area contributed by atoms with Crippen molar-refractivity contribution in [1.82, 2.24) is 0 Å². The third kappa shape index (κ3) is 2.56. The molecule has 0 aliphatic carbocycles. The smallest absolute Gasteiger partial charge is 0.151 e. The van der Waals surface area contributed by atoms with Gasteiger partial charge in [-0.25, -0.2) is 0 Å². The van der Waals surface area contributed by atoms with Gasteiger partial charge in [-0.3, -0.25) is 4.79 Å². The summed E-state index contributed by atoms with van der Waals surface area (Å²) in [5, 5.41) is 0. The van der Waals surface area contributed by atoms with E-state index in [1.54, 1.807) is 0 Å². The molecular formula is C8H13BrO2. The fourth-order valence-corrected chi connectivity index (χ4v) is 1.66. The number of hydrogen-bond acceptors (Lipinski definition) is 2. The Balaban J connectivity index is 2.39. The second kappa shape index (κ2) is 4.21. The van der Waals surface area contributed by atoms with Gasteiger partial charge in [-0.2, -0.15) is 0 Å². The molecule has 1 aliphatic rings. The lowest BCUT2D eigenvalue weighted by molar-refractivity contribution is -0.125. The highest BCUT2D eigenvalue weighted by Gasteiger charge is 2.24. The summed E-state index contributed by atoms with van der Waals surface area (Å²) in [6.45, 7) is 3.31. The van der Waals surface area contributed by atoms with Gasteiger partial charge in [0.05, 0.1) is 11.4 Å². The van der Waals surface area contributed by atoms with Gasteiger partial charge in [-0.05, 0) is 19.8 Å². The largest absolute Gasteiger partial charge is 0.381 e. The number of alkyl halides is 1. The molecule has 11 heavy (non-hydrogen) atoms. The van der Waals surface area contributed by atoms with Crippen molar-refractivity contribution in [1.29, 1.82) is 0 Å². The number of halogens is 1. The molecule has 0 spiro atoms. The highest BCUT2D eigenvalue weighted by molar-refractivity contribution is 9.10. The van der Waals surface area contributed by atoms with Crippen molar-refractivity contribution in [2.24, 2.45) is 5.92 Å². The second-order valence-corrected chi connectivity index (χ2v) is 4.31. The van der Waals surface area contributed by atoms with Gasteiger partial charge in [0.1, 0.15) is 0 Å². The van der Waals surface area contributed by atoms with Crippen LogP contribution in [0, 0.1) is 5.92 Å². The molecule has 1 fully saturated rings. The molecule has 0 saturated carbocycles. The molecule has 3 heteroatoms. The van der Waals surface area contributed by atoms with Crippen molar-refractivity contribution >= 4 is 21.7 Å². The molecule has 0 amide bonds. The van der Waals surface area contributed by atoms with E-state index < -0.39 is 0 Å². The first kappa shape index (κ1) is 9.20. The minimum atomic E-state index is -0.0193. The van der Waals surface area contributed by atoms with Crippen molar-refractivity contribution < 1.29 is 9.53 Å². The fourth-order valence-electron chi connectivity index (χ4n) is 1.29. The highest BCUT2D eigenvalue weighted by Crippen LogP contribution is 2.18. The van der Waals surface area contributed by atoms with Gasteiger partial charge in [0.15, 0.2) is 5.78 Å². The summed E-state index contributed by atoms with van der Waals surface area (Å²) in [5.41, 5.74) is 0. The first-order valence-electron chi connectivity index (χ1n) is 3.97. The average Bonchev–Trinajstić information content (AvgIpc) is 2.05. The summed E-state index contributed by atoms with van der Waals surface area (Å²) in [6, 6.07) is 0. The van der Waals surface area contributed by atoms with Crippen LogP contribution in [0.1, 0.15) is 19.8 Å². The van der Waals surface area contributed by atoms with Crippen molar-refractivity contribution in [3.63, 3.8) is 0 Å². The summed E-state index contributed by atoms with van der Waals surface area (Å²) in [7, 11) is 0. The predicted molar refractivity (Wildman–Crippen MR) is 46.9 cm³/mol. The third-order valence-electron chi connectivity index (χ3n) is 1.95. The molecule has 1 rings (SSSR count). The zero-order valence-corrected chi connectivity index (χ0v) is 8.26. The first-order valence-corrected chi connectivity index (χ1v) is 4.89. The van der Waals surface area contributed by atoms with E-state index in [0.717, 1.165) is 19.4 Å². The third-order valence-corrected chi connectivity index (χ3v) is 2.41. The standard InChI is InChI=1S/C8H13BrO2/c1-6(9)8(10)7-3-2-4-11-5-7/h6-7H,2-5H2,1H3. The van der Waals surface area contributed by atoms with Crippen molar-refractivity contribution in [2.75, 3.05) is 13.2 Å². The maximum Gasteiger partial charge on any atom is 0.151 e. The van der Waals surface area contributed by atoms with E-state index in [1.807, 2.05) is 6.92 Å². The molecule has 0 N–H and O–H groups in total. The quantitative estimate of drug-likeness (QED) is 0.664. The molecule has 2 unspecified atom stereocenters. The van der Waals surface area contributed by atoms with Crippen molar-refractivity contribution in [2.45, 2.75) is 24.6 Å². The van der Waals surface area contributed by atoms with Gasteiger partial charge in [-0.1, -0.05) is 15.9 Å². The number of ether oxygens (including phenoxy) is 1. The predicted octanol–water partition coefficient (Wildman–Crippen LogP) is 1.77. The molecule has 1 saturated heterocycles. The lowest BCUT2D eigenvalue weighted by Crippen LogP contribution is -2.29. The normalized spacial score (nSPS) is 28.0. The lowest BCUT2D eigenvalue weighted by Gasteiger charge is -2.21. The van der Waals surface area contributed by atoms with Crippen LogP contribution in [-0.2, 0) is 9.53 Å². The first-order chi connectivity index (χ1) is 5.22. The summed E-state index contributed by atoms with van der Waals surface area (Å²) >= 11 is 3.27. The van der Waals surface area contributed by atoms with E-state index in [0.29, 0.717) is 6.61 Å². The molecule has 1 heterocycles. The van der Waals surface area contributed by atoms with E-state index >= 15 is 0 Å². The van der Waals surface area contributed by atoms with E-state index in [4.69, 9.17) is 4.74 Å². The van der Waals surface area contributed by atoms with Crippen molar-refractivity contribution in [3.05, 3.63) is 0 Å². The Labute approximate surface area is 75.4 Å². The maximum atomic E-state index is 11.4. The molecule has 0 radical (unpaired) electrons. The SMILES string of the molecule is CC(Br)C(=O)C1CCCOC1. The molecule has 64 valence electrons. The van der Waals surface area contributed by atoms with E-state index in [2.05, 4.69) is 15.9 Å². The Bertz CT molecular complexity index is 139. The summed E-state index contributed by atoms with van der Waals surface area (Å²) < 4.78 is 5.21. The molecule has 2 nitrogen and oxygen atoms in total. The minimum absolute atomic E-state index is 0.0193. The number of ketones is 1. The topological polar surface area (TPSA) is 26.3 Å². The zero-order chi connectivity index (χ0) is 8.27. The Morgan fingerprint density at radius 3 is 2.91 bits per heavy atom. The maximum absolute atomic E-state index is 11.4. The van der Waals surface area contributed by atoms with Crippen LogP contribution in [-0.4, -0.2) is 23.8 Å². The van der Waals surface area contributed by atoms with Crippen LogP contribution in [0.2, 0.25) is 0 Å². The molecule has 2 atom stereocenters. The summed E-state index contributed by atoms with van der Waals surface area (Å²) in [6.07, 6.45) is 2.02. The Kier molecular flexibility index (Phi) is 3.52. The Morgan fingerprint density at radius 2 is 2.45 bits per heavy atom. The van der Waals surface area contributed by atoms with Crippen LogP contribution >= 0.6 is 15.9 Å². The Hall–Kier alpha value is 0.110. The molecule has 0 bridgehead atoms. The Morgan fingerprint density at radius 1 is 1.73 bits per heavy atom. The highest BCUT2D eigenvalue weighted by atomic mass is 79.9. The van der Waals surface area contributed by atoms with Crippen LogP contribution in [0.5, 0.6) is 0 Å². The van der Waals surface area contributed by atoms with Crippen molar-refractivity contribution in [3.8, 4) is 0 Å². The number of rotatable bonds is 2. The van der Waals surface area contributed by atoms with Gasteiger partial charge in [0.25, 0.3) is 0 Å². The molecular weight excluding hydrogens is 208 g/mol. The number of carbonyl (C=O) groups excluding carboxylic acids is 1. The lowest BCUT2D eigenvalue weighted by atomic mass is 9.96. The molecule has 0 aromatic rings. The van der Waals surface area contributed by atoms with Crippen LogP contribution in [0.4, 0.5) is 0 Å². The zero-order valence-electron chi connectivity index (χ0n) is 6.68.